The van der Waals surface area contributed by atoms with Crippen molar-refractivity contribution in [3.63, 3.8) is 0 Å². The molecule has 3 rings (SSSR count). The zero-order chi connectivity index (χ0) is 19.6. The Morgan fingerprint density at radius 1 is 1.26 bits per heavy atom. The molecule has 0 radical (unpaired) electrons. The van der Waals surface area contributed by atoms with Gasteiger partial charge in [0.2, 0.25) is 11.8 Å². The highest BCUT2D eigenvalue weighted by atomic mass is 16.6. The molecule has 27 heavy (non-hydrogen) atoms. The van der Waals surface area contributed by atoms with E-state index in [-0.39, 0.29) is 24.1 Å². The van der Waals surface area contributed by atoms with Crippen molar-refractivity contribution in [3.8, 4) is 0 Å². The Morgan fingerprint density at radius 2 is 2.04 bits per heavy atom. The average Bonchev–Trinajstić information content (AvgIpc) is 3.21. The molecule has 1 N–H and O–H groups in total. The Morgan fingerprint density at radius 3 is 2.74 bits per heavy atom. The molecule has 1 aliphatic rings. The third-order valence-electron chi connectivity index (χ3n) is 4.35. The van der Waals surface area contributed by atoms with Gasteiger partial charge in [-0.3, -0.25) is 4.90 Å². The average molecular weight is 374 g/mol. The molecule has 1 unspecified atom stereocenters. The molecule has 1 saturated heterocycles. The number of nitrogens with zero attached hydrogens (tertiary/aromatic N) is 5. The number of anilines is 2. The quantitative estimate of drug-likeness (QED) is 0.787. The van der Waals surface area contributed by atoms with Crippen molar-refractivity contribution in [2.75, 3.05) is 16.8 Å². The summed E-state index contributed by atoms with van der Waals surface area (Å²) < 4.78 is 10.5. The first kappa shape index (κ1) is 19.1. The maximum atomic E-state index is 12.1. The largest absolute Gasteiger partial charge is 0.447 e. The molecule has 0 saturated carbocycles. The Bertz CT molecular complexity index is 791. The van der Waals surface area contributed by atoms with Gasteiger partial charge >= 0.3 is 6.09 Å². The van der Waals surface area contributed by atoms with Crippen molar-refractivity contribution in [1.29, 1.82) is 0 Å². The maximum Gasteiger partial charge on any atom is 0.415 e. The second-order valence-corrected chi connectivity index (χ2v) is 7.51. The van der Waals surface area contributed by atoms with Crippen LogP contribution in [0, 0.1) is 11.8 Å². The first-order valence-corrected chi connectivity index (χ1v) is 9.23. The highest BCUT2D eigenvalue weighted by Gasteiger charge is 2.37. The molecule has 9 nitrogen and oxygen atoms in total. The van der Waals surface area contributed by atoms with Crippen LogP contribution in [0.2, 0.25) is 0 Å². The van der Waals surface area contributed by atoms with Crippen LogP contribution in [0.25, 0.3) is 0 Å². The van der Waals surface area contributed by atoms with Crippen LogP contribution in [-0.2, 0) is 11.2 Å². The number of cyclic esters (lactones) is 1. The van der Waals surface area contributed by atoms with E-state index in [9.17, 15) is 4.79 Å². The van der Waals surface area contributed by atoms with Gasteiger partial charge in [-0.2, -0.15) is 9.97 Å². The van der Waals surface area contributed by atoms with Crippen molar-refractivity contribution < 1.29 is 14.1 Å². The maximum absolute atomic E-state index is 12.1. The molecule has 1 aliphatic heterocycles. The molecule has 2 aromatic heterocycles. The van der Waals surface area contributed by atoms with Gasteiger partial charge in [0, 0.05) is 12.6 Å². The molecule has 0 aromatic carbocycles. The molecule has 3 heterocycles. The van der Waals surface area contributed by atoms with Crippen LogP contribution in [0.5, 0.6) is 0 Å². The van der Waals surface area contributed by atoms with Gasteiger partial charge in [0.25, 0.3) is 0 Å². The lowest BCUT2D eigenvalue weighted by Crippen LogP contribution is -2.37. The summed E-state index contributed by atoms with van der Waals surface area (Å²) in [6.45, 7) is 10.6. The van der Waals surface area contributed by atoms with E-state index in [2.05, 4.69) is 39.3 Å². The van der Waals surface area contributed by atoms with Crippen molar-refractivity contribution in [2.24, 2.45) is 11.8 Å². The Kier molecular flexibility index (Phi) is 5.57. The number of aromatic nitrogens is 4. The lowest BCUT2D eigenvalue weighted by atomic mass is 10.0. The second kappa shape index (κ2) is 7.89. The summed E-state index contributed by atoms with van der Waals surface area (Å²) in [5.74, 6) is 2.74. The molecule has 0 bridgehead atoms. The van der Waals surface area contributed by atoms with Crippen molar-refractivity contribution in [1.82, 2.24) is 20.1 Å². The fourth-order valence-corrected chi connectivity index (χ4v) is 2.89. The minimum atomic E-state index is -0.387. The SMILES string of the molecule is CC(C)Cc1noc([C@@H](C)Nc2nccc(N3C(=O)OCC3C(C)C)n2)n1. The van der Waals surface area contributed by atoms with E-state index in [0.29, 0.717) is 36.0 Å². The monoisotopic (exact) mass is 374 g/mol. The number of carbonyl (C=O) groups excluding carboxylic acids is 1. The van der Waals surface area contributed by atoms with Crippen LogP contribution in [0.15, 0.2) is 16.8 Å². The molecule has 0 aliphatic carbocycles. The number of ether oxygens (including phenoxy) is 1. The van der Waals surface area contributed by atoms with Gasteiger partial charge < -0.3 is 14.6 Å². The highest BCUT2D eigenvalue weighted by molar-refractivity contribution is 5.89. The molecule has 1 amide bonds. The van der Waals surface area contributed by atoms with Crippen LogP contribution < -0.4 is 10.2 Å². The first-order chi connectivity index (χ1) is 12.8. The molecule has 2 aromatic rings. The smallest absolute Gasteiger partial charge is 0.415 e. The molecule has 9 heteroatoms. The van der Waals surface area contributed by atoms with Crippen LogP contribution >= 0.6 is 0 Å². The lowest BCUT2D eigenvalue weighted by Gasteiger charge is -2.23. The first-order valence-electron chi connectivity index (χ1n) is 9.23. The van der Waals surface area contributed by atoms with Gasteiger partial charge in [0.05, 0.1) is 6.04 Å². The van der Waals surface area contributed by atoms with Crippen molar-refractivity contribution >= 4 is 17.9 Å². The fourth-order valence-electron chi connectivity index (χ4n) is 2.89. The minimum Gasteiger partial charge on any atom is -0.447 e. The second-order valence-electron chi connectivity index (χ2n) is 7.51. The summed E-state index contributed by atoms with van der Waals surface area (Å²) in [6, 6.07) is 1.39. The minimum absolute atomic E-state index is 0.0489. The van der Waals surface area contributed by atoms with Crippen LogP contribution in [-0.4, -0.2) is 38.9 Å². The zero-order valence-electron chi connectivity index (χ0n) is 16.3. The van der Waals surface area contributed by atoms with E-state index in [0.717, 1.165) is 6.42 Å². The Labute approximate surface area is 158 Å². The van der Waals surface area contributed by atoms with Gasteiger partial charge in [0.1, 0.15) is 18.5 Å². The van der Waals surface area contributed by atoms with E-state index in [1.807, 2.05) is 20.8 Å². The Balaban J connectivity index is 1.74. The Hall–Kier alpha value is -2.71. The van der Waals surface area contributed by atoms with E-state index < -0.39 is 0 Å². The van der Waals surface area contributed by atoms with E-state index in [4.69, 9.17) is 9.26 Å². The number of carbonyl (C=O) groups is 1. The van der Waals surface area contributed by atoms with Gasteiger partial charge in [-0.25, -0.2) is 9.78 Å². The number of amides is 1. The van der Waals surface area contributed by atoms with Crippen molar-refractivity contribution in [2.45, 2.75) is 53.1 Å². The summed E-state index contributed by atoms with van der Waals surface area (Å²) in [5.41, 5.74) is 0. The molecule has 2 atom stereocenters. The molecule has 0 spiro atoms. The van der Waals surface area contributed by atoms with Gasteiger partial charge in [0.15, 0.2) is 5.82 Å². The van der Waals surface area contributed by atoms with Crippen LogP contribution in [0.3, 0.4) is 0 Å². The van der Waals surface area contributed by atoms with Crippen LogP contribution in [0.1, 0.15) is 52.4 Å². The van der Waals surface area contributed by atoms with E-state index in [1.165, 1.54) is 0 Å². The van der Waals surface area contributed by atoms with Gasteiger partial charge in [-0.15, -0.1) is 0 Å². The van der Waals surface area contributed by atoms with E-state index >= 15 is 0 Å². The molecule has 146 valence electrons. The number of hydrogen-bond acceptors (Lipinski definition) is 8. The lowest BCUT2D eigenvalue weighted by molar-refractivity contribution is 0.177. The summed E-state index contributed by atoms with van der Waals surface area (Å²) >= 11 is 0. The van der Waals surface area contributed by atoms with Crippen LogP contribution in [0.4, 0.5) is 16.6 Å². The number of rotatable bonds is 7. The summed E-state index contributed by atoms with van der Waals surface area (Å²) in [6.07, 6.45) is 1.98. The zero-order valence-corrected chi connectivity index (χ0v) is 16.3. The topological polar surface area (TPSA) is 106 Å². The molecular weight excluding hydrogens is 348 g/mol. The predicted molar refractivity (Wildman–Crippen MR) is 99.4 cm³/mol. The summed E-state index contributed by atoms with van der Waals surface area (Å²) in [4.78, 5) is 26.8. The molecular formula is C18H26N6O3. The summed E-state index contributed by atoms with van der Waals surface area (Å²) in [7, 11) is 0. The summed E-state index contributed by atoms with van der Waals surface area (Å²) in [5, 5.41) is 7.15. The number of hydrogen-bond donors (Lipinski definition) is 1. The normalized spacial score (nSPS) is 18.3. The third-order valence-corrected chi connectivity index (χ3v) is 4.35. The van der Waals surface area contributed by atoms with E-state index in [1.54, 1.807) is 17.2 Å². The standard InChI is InChI=1S/C18H26N6O3/c1-10(2)8-14-21-16(27-23-14)12(5)20-17-19-7-6-15(22-17)24-13(11(3)4)9-26-18(24)25/h6-7,10-13H,8-9H2,1-5H3,(H,19,20,22)/t12-,13?/m1/s1. The fraction of sp³-hybridized carbons (Fsp3) is 0.611. The molecule has 1 fully saturated rings. The van der Waals surface area contributed by atoms with Crippen molar-refractivity contribution in [3.05, 3.63) is 24.0 Å². The van der Waals surface area contributed by atoms with Gasteiger partial charge in [-0.05, 0) is 24.8 Å². The van der Waals surface area contributed by atoms with Gasteiger partial charge in [-0.1, -0.05) is 32.9 Å². The third kappa shape index (κ3) is 4.35. The highest BCUT2D eigenvalue weighted by Crippen LogP contribution is 2.26. The predicted octanol–water partition coefficient (Wildman–Crippen LogP) is 3.21. The number of nitrogens with one attached hydrogen (secondary N) is 1.